The first-order valence-electron chi connectivity index (χ1n) is 4.76. The number of aromatic nitrogens is 3. The normalized spacial score (nSPS) is 18.1. The lowest BCUT2D eigenvalue weighted by atomic mass is 10.0. The zero-order chi connectivity index (χ0) is 10.3. The van der Waals surface area contributed by atoms with E-state index in [2.05, 4.69) is 10.3 Å². The standard InChI is InChI=1S/C9H13N3O2/c1-3-12-6(2)7(10-11-12)9(4-5-9)8(13)14/h3-5H2,1-2H3,(H,13,14). The van der Waals surface area contributed by atoms with Crippen LogP contribution in [-0.2, 0) is 16.8 Å². The molecule has 1 aliphatic carbocycles. The smallest absolute Gasteiger partial charge is 0.315 e. The van der Waals surface area contributed by atoms with Gasteiger partial charge in [-0.15, -0.1) is 5.10 Å². The monoisotopic (exact) mass is 195 g/mol. The van der Waals surface area contributed by atoms with Crippen LogP contribution in [0.4, 0.5) is 0 Å². The van der Waals surface area contributed by atoms with Crippen molar-refractivity contribution in [2.75, 3.05) is 0 Å². The Labute approximate surface area is 81.7 Å². The van der Waals surface area contributed by atoms with Crippen molar-refractivity contribution in [3.63, 3.8) is 0 Å². The zero-order valence-electron chi connectivity index (χ0n) is 8.32. The van der Waals surface area contributed by atoms with E-state index in [1.54, 1.807) is 4.68 Å². The number of aryl methyl sites for hydroxylation is 1. The highest BCUT2D eigenvalue weighted by Crippen LogP contribution is 2.48. The van der Waals surface area contributed by atoms with Gasteiger partial charge in [-0.3, -0.25) is 4.79 Å². The lowest BCUT2D eigenvalue weighted by molar-refractivity contribution is -0.140. The molecular weight excluding hydrogens is 182 g/mol. The van der Waals surface area contributed by atoms with E-state index in [0.29, 0.717) is 18.5 Å². The van der Waals surface area contributed by atoms with Crippen LogP contribution < -0.4 is 0 Å². The molecule has 0 bridgehead atoms. The molecule has 1 saturated carbocycles. The summed E-state index contributed by atoms with van der Waals surface area (Å²) in [6.45, 7) is 4.57. The highest BCUT2D eigenvalue weighted by Gasteiger charge is 2.55. The van der Waals surface area contributed by atoms with Gasteiger partial charge >= 0.3 is 5.97 Å². The van der Waals surface area contributed by atoms with Gasteiger partial charge < -0.3 is 5.11 Å². The van der Waals surface area contributed by atoms with Gasteiger partial charge in [-0.2, -0.15) is 0 Å². The van der Waals surface area contributed by atoms with Gasteiger partial charge in [-0.1, -0.05) is 5.21 Å². The maximum absolute atomic E-state index is 11.1. The fourth-order valence-electron chi connectivity index (χ4n) is 1.78. The van der Waals surface area contributed by atoms with Crippen LogP contribution in [0.3, 0.4) is 0 Å². The summed E-state index contributed by atoms with van der Waals surface area (Å²) in [5.74, 6) is -0.774. The molecule has 0 saturated heterocycles. The van der Waals surface area contributed by atoms with Crippen molar-refractivity contribution in [1.29, 1.82) is 0 Å². The SMILES string of the molecule is CCn1nnc(C2(C(=O)O)CC2)c1C. The molecule has 1 aliphatic rings. The molecular formula is C9H13N3O2. The lowest BCUT2D eigenvalue weighted by Crippen LogP contribution is -2.21. The summed E-state index contributed by atoms with van der Waals surface area (Å²) >= 11 is 0. The van der Waals surface area contributed by atoms with Crippen LogP contribution in [0.1, 0.15) is 31.2 Å². The van der Waals surface area contributed by atoms with E-state index in [-0.39, 0.29) is 0 Å². The molecule has 1 aromatic rings. The third-order valence-electron chi connectivity index (χ3n) is 2.89. The van der Waals surface area contributed by atoms with Crippen molar-refractivity contribution >= 4 is 5.97 Å². The van der Waals surface area contributed by atoms with E-state index in [1.165, 1.54) is 0 Å². The zero-order valence-corrected chi connectivity index (χ0v) is 8.32. The molecule has 0 radical (unpaired) electrons. The predicted octanol–water partition coefficient (Wildman–Crippen LogP) is 0.723. The molecule has 0 atom stereocenters. The van der Waals surface area contributed by atoms with Gasteiger partial charge in [0.15, 0.2) is 0 Å². The van der Waals surface area contributed by atoms with Crippen molar-refractivity contribution in [3.05, 3.63) is 11.4 Å². The number of nitrogens with zero attached hydrogens (tertiary/aromatic N) is 3. The van der Waals surface area contributed by atoms with Gasteiger partial charge in [0.25, 0.3) is 0 Å². The number of carbonyl (C=O) groups is 1. The molecule has 1 N–H and O–H groups in total. The van der Waals surface area contributed by atoms with Crippen molar-refractivity contribution in [2.45, 2.75) is 38.6 Å². The van der Waals surface area contributed by atoms with Gasteiger partial charge in [-0.25, -0.2) is 4.68 Å². The molecule has 5 heteroatoms. The van der Waals surface area contributed by atoms with Crippen LogP contribution in [0.25, 0.3) is 0 Å². The number of rotatable bonds is 3. The summed E-state index contributed by atoms with van der Waals surface area (Å²) in [4.78, 5) is 11.1. The van der Waals surface area contributed by atoms with E-state index >= 15 is 0 Å². The van der Waals surface area contributed by atoms with Crippen LogP contribution in [0.5, 0.6) is 0 Å². The molecule has 0 amide bonds. The van der Waals surface area contributed by atoms with Crippen LogP contribution in [0, 0.1) is 6.92 Å². The highest BCUT2D eigenvalue weighted by atomic mass is 16.4. The van der Waals surface area contributed by atoms with E-state index in [4.69, 9.17) is 5.11 Å². The van der Waals surface area contributed by atoms with Crippen LogP contribution >= 0.6 is 0 Å². The minimum Gasteiger partial charge on any atom is -0.481 e. The minimum atomic E-state index is -0.774. The fraction of sp³-hybridized carbons (Fsp3) is 0.667. The summed E-state index contributed by atoms with van der Waals surface area (Å²) in [5, 5.41) is 17.0. The quantitative estimate of drug-likeness (QED) is 0.771. The summed E-state index contributed by atoms with van der Waals surface area (Å²) in [6, 6.07) is 0. The van der Waals surface area contributed by atoms with E-state index in [1.807, 2.05) is 13.8 Å². The lowest BCUT2D eigenvalue weighted by Gasteiger charge is -2.06. The summed E-state index contributed by atoms with van der Waals surface area (Å²) in [7, 11) is 0. The van der Waals surface area contributed by atoms with Crippen LogP contribution in [-0.4, -0.2) is 26.1 Å². The first-order chi connectivity index (χ1) is 6.62. The average molecular weight is 195 g/mol. The highest BCUT2D eigenvalue weighted by molar-refractivity contribution is 5.84. The molecule has 14 heavy (non-hydrogen) atoms. The van der Waals surface area contributed by atoms with Crippen molar-refractivity contribution in [1.82, 2.24) is 15.0 Å². The largest absolute Gasteiger partial charge is 0.481 e. The predicted molar refractivity (Wildman–Crippen MR) is 49.0 cm³/mol. The fourth-order valence-corrected chi connectivity index (χ4v) is 1.78. The first kappa shape index (κ1) is 9.18. The molecule has 0 aliphatic heterocycles. The molecule has 1 fully saturated rings. The Bertz CT molecular complexity index is 379. The molecule has 0 spiro atoms. The number of carboxylic acids is 1. The van der Waals surface area contributed by atoms with Gasteiger partial charge in [0.1, 0.15) is 11.1 Å². The average Bonchev–Trinajstić information content (AvgIpc) is 2.87. The summed E-state index contributed by atoms with van der Waals surface area (Å²) in [6.07, 6.45) is 1.37. The Morgan fingerprint density at radius 2 is 2.29 bits per heavy atom. The molecule has 5 nitrogen and oxygen atoms in total. The Balaban J connectivity index is 2.42. The Hall–Kier alpha value is -1.39. The third kappa shape index (κ3) is 1.05. The van der Waals surface area contributed by atoms with E-state index in [0.717, 1.165) is 12.2 Å². The van der Waals surface area contributed by atoms with Gasteiger partial charge in [0.2, 0.25) is 0 Å². The maximum Gasteiger partial charge on any atom is 0.315 e. The molecule has 2 rings (SSSR count). The van der Waals surface area contributed by atoms with Crippen LogP contribution in [0.15, 0.2) is 0 Å². The van der Waals surface area contributed by atoms with E-state index in [9.17, 15) is 4.79 Å². The Morgan fingerprint density at radius 1 is 1.64 bits per heavy atom. The molecule has 1 heterocycles. The topological polar surface area (TPSA) is 68.0 Å². The summed E-state index contributed by atoms with van der Waals surface area (Å²) in [5.41, 5.74) is 0.802. The maximum atomic E-state index is 11.1. The number of hydrogen-bond donors (Lipinski definition) is 1. The van der Waals surface area contributed by atoms with Crippen molar-refractivity contribution in [3.8, 4) is 0 Å². The molecule has 0 aromatic carbocycles. The van der Waals surface area contributed by atoms with Crippen molar-refractivity contribution < 1.29 is 9.90 Å². The Kier molecular flexibility index (Phi) is 1.83. The second-order valence-electron chi connectivity index (χ2n) is 3.73. The van der Waals surface area contributed by atoms with E-state index < -0.39 is 11.4 Å². The van der Waals surface area contributed by atoms with Crippen molar-refractivity contribution in [2.24, 2.45) is 0 Å². The third-order valence-corrected chi connectivity index (χ3v) is 2.89. The number of hydrogen-bond acceptors (Lipinski definition) is 3. The first-order valence-corrected chi connectivity index (χ1v) is 4.76. The minimum absolute atomic E-state index is 0.645. The Morgan fingerprint density at radius 3 is 2.64 bits per heavy atom. The second kappa shape index (κ2) is 2.80. The van der Waals surface area contributed by atoms with Gasteiger partial charge in [-0.05, 0) is 26.7 Å². The number of carboxylic acid groups (broad SMARTS) is 1. The number of aliphatic carboxylic acids is 1. The second-order valence-corrected chi connectivity index (χ2v) is 3.73. The van der Waals surface area contributed by atoms with Crippen LogP contribution in [0.2, 0.25) is 0 Å². The van der Waals surface area contributed by atoms with Gasteiger partial charge in [0.05, 0.1) is 5.69 Å². The molecule has 76 valence electrons. The summed E-state index contributed by atoms with van der Waals surface area (Å²) < 4.78 is 1.73. The molecule has 1 aromatic heterocycles. The molecule has 0 unspecified atom stereocenters. The van der Waals surface area contributed by atoms with Gasteiger partial charge in [0, 0.05) is 6.54 Å².